The zero-order chi connectivity index (χ0) is 13.9. The Labute approximate surface area is 119 Å². The molecule has 1 heterocycles. The number of hydrogen-bond acceptors (Lipinski definition) is 2. The van der Waals surface area contributed by atoms with Crippen LogP contribution in [0.15, 0.2) is 11.6 Å². The fourth-order valence-corrected chi connectivity index (χ4v) is 3.63. The Morgan fingerprint density at radius 2 is 1.89 bits per heavy atom. The van der Waals surface area contributed by atoms with Crippen molar-refractivity contribution in [3.63, 3.8) is 0 Å². The van der Waals surface area contributed by atoms with E-state index in [-0.39, 0.29) is 0 Å². The van der Waals surface area contributed by atoms with Crippen LogP contribution in [-0.2, 0) is 0 Å². The Balaban J connectivity index is 2.14. The van der Waals surface area contributed by atoms with Gasteiger partial charge in [-0.3, -0.25) is 4.90 Å². The van der Waals surface area contributed by atoms with Gasteiger partial charge in [0.2, 0.25) is 0 Å². The van der Waals surface area contributed by atoms with E-state index in [1.807, 2.05) is 0 Å². The van der Waals surface area contributed by atoms with E-state index in [0.717, 1.165) is 6.54 Å². The highest BCUT2D eigenvalue weighted by Crippen LogP contribution is 2.37. The molecule has 1 atom stereocenters. The quantitative estimate of drug-likeness (QED) is 0.781. The second kappa shape index (κ2) is 5.97. The van der Waals surface area contributed by atoms with E-state index >= 15 is 0 Å². The van der Waals surface area contributed by atoms with Gasteiger partial charge in [0.1, 0.15) is 0 Å². The fraction of sp³-hybridized carbons (Fsp3) is 0.882. The average Bonchev–Trinajstić information content (AvgIpc) is 2.41. The number of piperazine rings is 1. The van der Waals surface area contributed by atoms with E-state index in [9.17, 15) is 0 Å². The lowest BCUT2D eigenvalue weighted by atomic mass is 9.76. The summed E-state index contributed by atoms with van der Waals surface area (Å²) in [6, 6.07) is 0. The van der Waals surface area contributed by atoms with Crippen molar-refractivity contribution in [2.75, 3.05) is 19.6 Å². The van der Waals surface area contributed by atoms with Gasteiger partial charge in [-0.05, 0) is 40.0 Å². The molecule has 0 bridgehead atoms. The Bertz CT molecular complexity index is 324. The van der Waals surface area contributed by atoms with Gasteiger partial charge in [0.05, 0.1) is 0 Å². The molecule has 2 rings (SSSR count). The minimum atomic E-state index is 0.304. The molecule has 0 radical (unpaired) electrons. The minimum Gasteiger partial charge on any atom is -0.308 e. The van der Waals surface area contributed by atoms with Gasteiger partial charge in [-0.2, -0.15) is 0 Å². The molecular formula is C17H32N2. The first-order valence-corrected chi connectivity index (χ1v) is 8.13. The monoisotopic (exact) mass is 264 g/mol. The minimum absolute atomic E-state index is 0.304. The second-order valence-electron chi connectivity index (χ2n) is 7.21. The molecule has 1 N–H and O–H groups in total. The number of allylic oxidation sites excluding steroid dienone is 1. The van der Waals surface area contributed by atoms with Gasteiger partial charge < -0.3 is 5.32 Å². The van der Waals surface area contributed by atoms with Gasteiger partial charge >= 0.3 is 0 Å². The molecule has 1 spiro atoms. The first-order chi connectivity index (χ1) is 9.00. The van der Waals surface area contributed by atoms with Crippen molar-refractivity contribution in [2.24, 2.45) is 0 Å². The van der Waals surface area contributed by atoms with Gasteiger partial charge in [-0.25, -0.2) is 0 Å². The fourth-order valence-electron chi connectivity index (χ4n) is 3.63. The van der Waals surface area contributed by atoms with Gasteiger partial charge in [0, 0.05) is 30.7 Å². The third-order valence-electron chi connectivity index (χ3n) is 5.34. The molecule has 19 heavy (non-hydrogen) atoms. The summed E-state index contributed by atoms with van der Waals surface area (Å²) < 4.78 is 0. The predicted molar refractivity (Wildman–Crippen MR) is 83.5 cm³/mol. The first-order valence-electron chi connectivity index (χ1n) is 8.13. The Morgan fingerprint density at radius 3 is 2.47 bits per heavy atom. The molecular weight excluding hydrogens is 232 g/mol. The molecule has 1 aliphatic heterocycles. The van der Waals surface area contributed by atoms with Crippen LogP contribution in [0.25, 0.3) is 0 Å². The summed E-state index contributed by atoms with van der Waals surface area (Å²) in [5.74, 6) is 0. The van der Waals surface area contributed by atoms with Crippen LogP contribution < -0.4 is 5.32 Å². The van der Waals surface area contributed by atoms with Crippen LogP contribution >= 0.6 is 0 Å². The molecule has 2 heteroatoms. The van der Waals surface area contributed by atoms with Crippen molar-refractivity contribution in [1.82, 2.24) is 10.2 Å². The summed E-state index contributed by atoms with van der Waals surface area (Å²) in [6.07, 6.45) is 10.7. The largest absolute Gasteiger partial charge is 0.308 e. The molecule has 0 aromatic heterocycles. The van der Waals surface area contributed by atoms with Crippen molar-refractivity contribution in [3.05, 3.63) is 11.6 Å². The Morgan fingerprint density at radius 1 is 1.21 bits per heavy atom. The number of nitrogens with zero attached hydrogens (tertiary/aromatic N) is 1. The number of hydrogen-bond donors (Lipinski definition) is 1. The standard InChI is InChI=1S/C17H32N2/c1-5-16(4)14-19(12-9-15(2)3)17(13-18-16)10-7-6-8-11-17/h9,18H,5-8,10-14H2,1-4H3. The predicted octanol–water partition coefficient (Wildman–Crippen LogP) is 3.73. The van der Waals surface area contributed by atoms with Gasteiger partial charge in [0.25, 0.3) is 0 Å². The lowest BCUT2D eigenvalue weighted by molar-refractivity contribution is -0.00721. The smallest absolute Gasteiger partial charge is 0.0338 e. The summed E-state index contributed by atoms with van der Waals surface area (Å²) in [6.45, 7) is 12.7. The highest BCUT2D eigenvalue weighted by Gasteiger charge is 2.44. The third kappa shape index (κ3) is 3.41. The molecule has 110 valence electrons. The van der Waals surface area contributed by atoms with Crippen molar-refractivity contribution in [2.45, 2.75) is 77.3 Å². The van der Waals surface area contributed by atoms with Crippen LogP contribution in [0.2, 0.25) is 0 Å². The molecule has 0 aromatic rings. The Hall–Kier alpha value is -0.340. The van der Waals surface area contributed by atoms with Crippen molar-refractivity contribution in [1.29, 1.82) is 0 Å². The SMILES string of the molecule is CCC1(C)CN(CC=C(C)C)C2(CCCCC2)CN1. The lowest BCUT2D eigenvalue weighted by Crippen LogP contribution is -2.69. The molecule has 2 aliphatic rings. The molecule has 0 aromatic carbocycles. The molecule has 0 amide bonds. The molecule has 1 unspecified atom stereocenters. The van der Waals surface area contributed by atoms with Gasteiger partial charge in [-0.1, -0.05) is 37.8 Å². The number of nitrogens with one attached hydrogen (secondary N) is 1. The van der Waals surface area contributed by atoms with Crippen LogP contribution in [0.4, 0.5) is 0 Å². The lowest BCUT2D eigenvalue weighted by Gasteiger charge is -2.55. The zero-order valence-electron chi connectivity index (χ0n) is 13.4. The highest BCUT2D eigenvalue weighted by molar-refractivity contribution is 5.07. The van der Waals surface area contributed by atoms with E-state index in [4.69, 9.17) is 0 Å². The van der Waals surface area contributed by atoms with Crippen LogP contribution in [0.5, 0.6) is 0 Å². The van der Waals surface area contributed by atoms with E-state index in [2.05, 4.69) is 44.0 Å². The zero-order valence-corrected chi connectivity index (χ0v) is 13.4. The molecule has 1 saturated heterocycles. The van der Waals surface area contributed by atoms with Crippen molar-refractivity contribution < 1.29 is 0 Å². The average molecular weight is 264 g/mol. The van der Waals surface area contributed by atoms with Crippen LogP contribution in [-0.4, -0.2) is 35.6 Å². The normalized spacial score (nSPS) is 31.4. The van der Waals surface area contributed by atoms with E-state index in [0.29, 0.717) is 11.1 Å². The Kier molecular flexibility index (Phi) is 4.73. The van der Waals surface area contributed by atoms with Gasteiger partial charge in [0.15, 0.2) is 0 Å². The van der Waals surface area contributed by atoms with E-state index in [1.165, 1.54) is 57.2 Å². The van der Waals surface area contributed by atoms with Crippen LogP contribution in [0, 0.1) is 0 Å². The summed E-state index contributed by atoms with van der Waals surface area (Å²) in [5.41, 5.74) is 2.19. The summed E-state index contributed by atoms with van der Waals surface area (Å²) in [4.78, 5) is 2.79. The van der Waals surface area contributed by atoms with Crippen molar-refractivity contribution in [3.8, 4) is 0 Å². The van der Waals surface area contributed by atoms with Crippen molar-refractivity contribution >= 4 is 0 Å². The molecule has 1 aliphatic carbocycles. The summed E-state index contributed by atoms with van der Waals surface area (Å²) in [5, 5.41) is 3.86. The summed E-state index contributed by atoms with van der Waals surface area (Å²) in [7, 11) is 0. The first kappa shape index (κ1) is 15.1. The summed E-state index contributed by atoms with van der Waals surface area (Å²) >= 11 is 0. The van der Waals surface area contributed by atoms with E-state index in [1.54, 1.807) is 0 Å². The maximum absolute atomic E-state index is 3.86. The topological polar surface area (TPSA) is 15.3 Å². The molecule has 2 nitrogen and oxygen atoms in total. The third-order valence-corrected chi connectivity index (χ3v) is 5.34. The highest BCUT2D eigenvalue weighted by atomic mass is 15.3. The molecule has 2 fully saturated rings. The number of rotatable bonds is 3. The maximum Gasteiger partial charge on any atom is 0.0338 e. The van der Waals surface area contributed by atoms with Crippen LogP contribution in [0.3, 0.4) is 0 Å². The van der Waals surface area contributed by atoms with Gasteiger partial charge in [-0.15, -0.1) is 0 Å². The maximum atomic E-state index is 3.86. The van der Waals surface area contributed by atoms with E-state index < -0.39 is 0 Å². The van der Waals surface area contributed by atoms with Crippen LogP contribution in [0.1, 0.15) is 66.2 Å². The molecule has 1 saturated carbocycles. The second-order valence-corrected chi connectivity index (χ2v) is 7.21.